The molecule has 0 aliphatic heterocycles. The third-order valence-electron chi connectivity index (χ3n) is 5.54. The number of carbonyl (C=O) groups is 2. The van der Waals surface area contributed by atoms with Gasteiger partial charge >= 0.3 is 5.97 Å². The molecule has 0 aromatic heterocycles. The van der Waals surface area contributed by atoms with Gasteiger partial charge in [-0.25, -0.2) is 4.79 Å². The summed E-state index contributed by atoms with van der Waals surface area (Å²) < 4.78 is 5.09. The topological polar surface area (TPSA) is 43.4 Å². The minimum absolute atomic E-state index is 0.192. The van der Waals surface area contributed by atoms with E-state index >= 15 is 0 Å². The van der Waals surface area contributed by atoms with Gasteiger partial charge in [0, 0.05) is 12.0 Å². The maximum Gasteiger partial charge on any atom is 0.338 e. The van der Waals surface area contributed by atoms with E-state index in [4.69, 9.17) is 4.74 Å². The van der Waals surface area contributed by atoms with Crippen molar-refractivity contribution in [2.45, 2.75) is 25.7 Å². The van der Waals surface area contributed by atoms with Crippen LogP contribution in [-0.4, -0.2) is 18.4 Å². The van der Waals surface area contributed by atoms with Crippen LogP contribution in [0.15, 0.2) is 90.5 Å². The molecule has 4 rings (SSSR count). The van der Waals surface area contributed by atoms with Gasteiger partial charge in [-0.3, -0.25) is 4.79 Å². The van der Waals surface area contributed by atoms with Crippen molar-refractivity contribution in [2.24, 2.45) is 0 Å². The van der Waals surface area contributed by atoms with E-state index in [0.29, 0.717) is 25.0 Å². The zero-order chi connectivity index (χ0) is 20.9. The maximum atomic E-state index is 13.1. The Labute approximate surface area is 177 Å². The molecule has 0 bridgehead atoms. The molecule has 3 heteroatoms. The first kappa shape index (κ1) is 19.8. The molecule has 150 valence electrons. The lowest BCUT2D eigenvalue weighted by molar-refractivity contribution is -0.114. The summed E-state index contributed by atoms with van der Waals surface area (Å²) in [5.41, 5.74) is 5.47. The number of Topliss-reactive ketones (excluding diaryl/α,β-unsaturated/α-hetero) is 1. The monoisotopic (exact) mass is 396 g/mol. The minimum atomic E-state index is -0.334. The molecule has 3 aromatic rings. The van der Waals surface area contributed by atoms with Gasteiger partial charge < -0.3 is 4.74 Å². The van der Waals surface area contributed by atoms with Crippen LogP contribution in [0.4, 0.5) is 0 Å². The Kier molecular flexibility index (Phi) is 5.89. The molecule has 1 aliphatic carbocycles. The first-order valence-electron chi connectivity index (χ1n) is 10.3. The average Bonchev–Trinajstić information content (AvgIpc) is 3.17. The number of hydrogen-bond donors (Lipinski definition) is 0. The second-order valence-corrected chi connectivity index (χ2v) is 7.46. The first-order valence-corrected chi connectivity index (χ1v) is 10.3. The molecule has 3 aromatic carbocycles. The van der Waals surface area contributed by atoms with E-state index in [1.807, 2.05) is 60.7 Å². The Morgan fingerprint density at radius 2 is 1.37 bits per heavy atom. The molecule has 30 heavy (non-hydrogen) atoms. The van der Waals surface area contributed by atoms with Crippen LogP contribution >= 0.6 is 0 Å². The Bertz CT molecular complexity index is 1060. The number of hydrogen-bond acceptors (Lipinski definition) is 3. The van der Waals surface area contributed by atoms with E-state index in [1.54, 1.807) is 19.1 Å². The molecule has 0 saturated heterocycles. The van der Waals surface area contributed by atoms with Crippen molar-refractivity contribution in [2.75, 3.05) is 6.61 Å². The highest BCUT2D eigenvalue weighted by Gasteiger charge is 2.31. The van der Waals surface area contributed by atoms with Crippen LogP contribution in [-0.2, 0) is 9.53 Å². The predicted octanol–water partition coefficient (Wildman–Crippen LogP) is 5.81. The van der Waals surface area contributed by atoms with E-state index in [-0.39, 0.29) is 17.7 Å². The lowest BCUT2D eigenvalue weighted by Crippen LogP contribution is -2.05. The van der Waals surface area contributed by atoms with Crippen molar-refractivity contribution in [3.8, 4) is 0 Å². The summed E-state index contributed by atoms with van der Waals surface area (Å²) in [6.45, 7) is 2.13. The number of ketones is 1. The number of rotatable bonds is 5. The van der Waals surface area contributed by atoms with Gasteiger partial charge in [0.2, 0.25) is 0 Å². The lowest BCUT2D eigenvalue weighted by Gasteiger charge is -2.13. The number of ether oxygens (including phenoxy) is 1. The van der Waals surface area contributed by atoms with Gasteiger partial charge in [-0.1, -0.05) is 72.8 Å². The van der Waals surface area contributed by atoms with E-state index in [9.17, 15) is 9.59 Å². The minimum Gasteiger partial charge on any atom is -0.462 e. The fourth-order valence-electron chi connectivity index (χ4n) is 4.09. The van der Waals surface area contributed by atoms with E-state index in [2.05, 4.69) is 12.1 Å². The molecular formula is C27H24O3. The Hall–Kier alpha value is -3.46. The number of esters is 1. The quantitative estimate of drug-likeness (QED) is 0.404. The number of benzene rings is 3. The second-order valence-electron chi connectivity index (χ2n) is 7.46. The molecule has 0 heterocycles. The van der Waals surface area contributed by atoms with Gasteiger partial charge in [-0.2, -0.15) is 0 Å². The molecule has 0 radical (unpaired) electrons. The molecule has 1 aliphatic rings. The van der Waals surface area contributed by atoms with Gasteiger partial charge in [0.15, 0.2) is 5.78 Å². The summed E-state index contributed by atoms with van der Waals surface area (Å²) in [5, 5.41) is 0. The van der Waals surface area contributed by atoms with E-state index in [0.717, 1.165) is 22.3 Å². The molecule has 1 fully saturated rings. The third kappa shape index (κ3) is 4.11. The largest absolute Gasteiger partial charge is 0.462 e. The SMILES string of the molecule is CCOC(=O)c1ccc(/C(=C2/CC(c3ccccc3)CC2=O)c2ccccc2)cc1. The van der Waals surface area contributed by atoms with E-state index in [1.165, 1.54) is 5.56 Å². The van der Waals surface area contributed by atoms with Crippen molar-refractivity contribution < 1.29 is 14.3 Å². The summed E-state index contributed by atoms with van der Waals surface area (Å²) in [7, 11) is 0. The highest BCUT2D eigenvalue weighted by atomic mass is 16.5. The average molecular weight is 396 g/mol. The predicted molar refractivity (Wildman–Crippen MR) is 118 cm³/mol. The highest BCUT2D eigenvalue weighted by molar-refractivity contribution is 6.08. The van der Waals surface area contributed by atoms with Crippen LogP contribution in [0.1, 0.15) is 52.7 Å². The molecule has 0 amide bonds. The molecule has 3 nitrogen and oxygen atoms in total. The van der Waals surface area contributed by atoms with Crippen LogP contribution in [0.2, 0.25) is 0 Å². The third-order valence-corrected chi connectivity index (χ3v) is 5.54. The molecule has 1 saturated carbocycles. The van der Waals surface area contributed by atoms with Crippen LogP contribution in [0.5, 0.6) is 0 Å². The maximum absolute atomic E-state index is 13.1. The lowest BCUT2D eigenvalue weighted by atomic mass is 9.90. The zero-order valence-electron chi connectivity index (χ0n) is 17.0. The molecule has 1 atom stereocenters. The number of carbonyl (C=O) groups excluding carboxylic acids is 2. The Morgan fingerprint density at radius 3 is 2.00 bits per heavy atom. The normalized spacial score (nSPS) is 17.6. The molecule has 0 N–H and O–H groups in total. The summed E-state index contributed by atoms with van der Waals surface area (Å²) in [5.74, 6) is 0.0578. The Morgan fingerprint density at radius 1 is 0.800 bits per heavy atom. The fourth-order valence-corrected chi connectivity index (χ4v) is 4.09. The van der Waals surface area contributed by atoms with Gasteiger partial charge in [-0.15, -0.1) is 0 Å². The fraction of sp³-hybridized carbons (Fsp3) is 0.185. The second kappa shape index (κ2) is 8.91. The van der Waals surface area contributed by atoms with Crippen LogP contribution < -0.4 is 0 Å². The summed E-state index contributed by atoms with van der Waals surface area (Å²) in [4.78, 5) is 25.1. The van der Waals surface area contributed by atoms with Crippen molar-refractivity contribution in [3.63, 3.8) is 0 Å². The van der Waals surface area contributed by atoms with Crippen LogP contribution in [0.3, 0.4) is 0 Å². The van der Waals surface area contributed by atoms with Gasteiger partial charge in [0.05, 0.1) is 12.2 Å². The van der Waals surface area contributed by atoms with Crippen molar-refractivity contribution >= 4 is 17.3 Å². The van der Waals surface area contributed by atoms with Crippen molar-refractivity contribution in [1.82, 2.24) is 0 Å². The van der Waals surface area contributed by atoms with Crippen LogP contribution in [0.25, 0.3) is 5.57 Å². The summed E-state index contributed by atoms with van der Waals surface area (Å²) in [6.07, 6.45) is 1.24. The molecule has 0 spiro atoms. The molecule has 1 unspecified atom stereocenters. The van der Waals surface area contributed by atoms with Gasteiger partial charge in [0.1, 0.15) is 0 Å². The highest BCUT2D eigenvalue weighted by Crippen LogP contribution is 2.41. The van der Waals surface area contributed by atoms with Gasteiger partial charge in [0.25, 0.3) is 0 Å². The van der Waals surface area contributed by atoms with Crippen LogP contribution in [0, 0.1) is 0 Å². The first-order chi connectivity index (χ1) is 14.7. The van der Waals surface area contributed by atoms with E-state index < -0.39 is 0 Å². The van der Waals surface area contributed by atoms with Gasteiger partial charge in [-0.05, 0) is 53.7 Å². The zero-order valence-corrected chi connectivity index (χ0v) is 17.0. The van der Waals surface area contributed by atoms with Crippen molar-refractivity contribution in [1.29, 1.82) is 0 Å². The van der Waals surface area contributed by atoms with Crippen molar-refractivity contribution in [3.05, 3.63) is 113 Å². The standard InChI is InChI=1S/C27H24O3/c1-2-30-27(29)22-15-13-21(14-16-22)26(20-11-7-4-8-12-20)24-17-23(18-25(24)28)19-9-5-3-6-10-19/h3-16,23H,2,17-18H2,1H3/b26-24-. The summed E-state index contributed by atoms with van der Waals surface area (Å²) >= 11 is 0. The number of allylic oxidation sites excluding steroid dienone is 1. The summed E-state index contributed by atoms with van der Waals surface area (Å²) in [6, 6.07) is 27.6. The smallest absolute Gasteiger partial charge is 0.338 e. The molecular weight excluding hydrogens is 372 g/mol. The Balaban J connectivity index is 1.76.